The van der Waals surface area contributed by atoms with Crippen molar-refractivity contribution in [2.24, 2.45) is 9.98 Å². The van der Waals surface area contributed by atoms with Gasteiger partial charge >= 0.3 is 11.9 Å². The summed E-state index contributed by atoms with van der Waals surface area (Å²) in [5.41, 5.74) is 4.56. The number of aliphatic imine (C=N–C) groups is 2. The molecule has 0 aliphatic carbocycles. The molecule has 8 aromatic rings. The number of hydrogen-bond acceptors (Lipinski definition) is 4. The van der Waals surface area contributed by atoms with Gasteiger partial charge in [-0.15, -0.1) is 0 Å². The van der Waals surface area contributed by atoms with Crippen LogP contribution in [0.5, 0.6) is 0 Å². The van der Waals surface area contributed by atoms with Crippen LogP contribution in [0.25, 0.3) is 54.1 Å². The molecular weight excluding hydrogens is 564 g/mol. The van der Waals surface area contributed by atoms with Crippen molar-refractivity contribution in [1.82, 2.24) is 9.98 Å². The zero-order valence-corrected chi connectivity index (χ0v) is 24.6. The van der Waals surface area contributed by atoms with Crippen molar-refractivity contribution in [3.63, 3.8) is 0 Å². The number of nitrogens with one attached hydrogen (secondary N) is 1. The highest BCUT2D eigenvalue weighted by molar-refractivity contribution is 6.53. The average Bonchev–Trinajstić information content (AvgIpc) is 3.70. The number of para-hydroxylation sites is 1. The molecule has 2 aliphatic heterocycles. The van der Waals surface area contributed by atoms with Gasteiger partial charge in [-0.05, 0) is 66.9 Å². The molecule has 1 aromatic heterocycles. The Morgan fingerprint density at radius 2 is 1.22 bits per heavy atom. The minimum Gasteiger partial charge on any atom is -0.448 e. The van der Waals surface area contributed by atoms with Crippen LogP contribution >= 0.6 is 0 Å². The molecule has 0 amide bonds. The zero-order valence-electron chi connectivity index (χ0n) is 24.6. The monoisotopic (exact) mass is 589 g/mol. The fourth-order valence-corrected chi connectivity index (χ4v) is 6.97. The van der Waals surface area contributed by atoms with E-state index in [1.54, 1.807) is 6.21 Å². The second-order valence-electron chi connectivity index (χ2n) is 11.9. The first kappa shape index (κ1) is 25.1. The Labute approximate surface area is 263 Å². The average molecular weight is 590 g/mol. The number of amidine groups is 2. The third-order valence-corrected chi connectivity index (χ3v) is 9.22. The molecule has 3 heterocycles. The van der Waals surface area contributed by atoms with Crippen LogP contribution in [0, 0.1) is 0 Å². The van der Waals surface area contributed by atoms with E-state index in [9.17, 15) is 0 Å². The molecule has 0 radical (unpaired) electrons. The Morgan fingerprint density at radius 3 is 2.11 bits per heavy atom. The molecule has 0 fully saturated rings. The normalized spacial score (nSPS) is 15.7. The summed E-state index contributed by atoms with van der Waals surface area (Å²) in [6.45, 7) is 0. The van der Waals surface area contributed by atoms with E-state index in [2.05, 4.69) is 121 Å². The molecule has 1 unspecified atom stereocenters. The third kappa shape index (κ3) is 3.80. The second kappa shape index (κ2) is 9.60. The molecule has 0 saturated carbocycles. The van der Waals surface area contributed by atoms with Crippen LogP contribution in [0.3, 0.4) is 0 Å². The van der Waals surface area contributed by atoms with Crippen molar-refractivity contribution in [3.05, 3.63) is 156 Å². The Kier molecular flexibility index (Phi) is 5.24. The lowest BCUT2D eigenvalue weighted by molar-refractivity contribution is 0.608. The maximum absolute atomic E-state index is 6.14. The highest BCUT2D eigenvalue weighted by Gasteiger charge is 2.38. The maximum Gasteiger partial charge on any atom is 0.381 e. The highest BCUT2D eigenvalue weighted by Crippen LogP contribution is 2.34. The van der Waals surface area contributed by atoms with Gasteiger partial charge in [0.25, 0.3) is 0 Å². The van der Waals surface area contributed by atoms with Crippen LogP contribution in [0.1, 0.15) is 28.6 Å². The fourth-order valence-electron chi connectivity index (χ4n) is 6.97. The molecule has 2 aliphatic rings. The van der Waals surface area contributed by atoms with Gasteiger partial charge in [-0.1, -0.05) is 120 Å². The van der Waals surface area contributed by atoms with E-state index in [1.165, 1.54) is 37.7 Å². The molecule has 5 nitrogen and oxygen atoms in total. The van der Waals surface area contributed by atoms with Crippen LogP contribution in [-0.4, -0.2) is 23.6 Å². The van der Waals surface area contributed by atoms with E-state index >= 15 is 0 Å². The lowest BCUT2D eigenvalue weighted by Gasteiger charge is -2.20. The number of furan rings is 1. The van der Waals surface area contributed by atoms with Crippen LogP contribution in [-0.2, 0) is 0 Å². The van der Waals surface area contributed by atoms with E-state index in [1.807, 2.05) is 18.2 Å². The van der Waals surface area contributed by atoms with Crippen molar-refractivity contribution in [2.45, 2.75) is 6.17 Å². The number of benzene rings is 7. The van der Waals surface area contributed by atoms with E-state index < -0.39 is 6.17 Å². The first-order valence-electron chi connectivity index (χ1n) is 15.5. The maximum atomic E-state index is 6.14. The molecule has 5 heteroatoms. The summed E-state index contributed by atoms with van der Waals surface area (Å²) in [6, 6.07) is 46.9. The first-order chi connectivity index (χ1) is 22.8. The number of nitrogens with zero attached hydrogens (tertiary/aromatic N) is 3. The number of hydrogen-bond donors (Lipinski definition) is 1. The van der Waals surface area contributed by atoms with Crippen LogP contribution in [0.15, 0.2) is 148 Å². The van der Waals surface area contributed by atoms with E-state index in [0.717, 1.165) is 50.4 Å². The van der Waals surface area contributed by atoms with Crippen molar-refractivity contribution in [2.75, 3.05) is 0 Å². The third-order valence-electron chi connectivity index (χ3n) is 9.22. The zero-order chi connectivity index (χ0) is 30.2. The minimum absolute atomic E-state index is 0.451. The summed E-state index contributed by atoms with van der Waals surface area (Å²) in [6.07, 6.45) is 1.34. The molecule has 0 saturated heterocycles. The van der Waals surface area contributed by atoms with E-state index in [4.69, 9.17) is 19.1 Å². The molecule has 7 aromatic carbocycles. The Bertz CT molecular complexity index is 2720. The second-order valence-corrected chi connectivity index (χ2v) is 11.9. The molecule has 46 heavy (non-hydrogen) atoms. The number of rotatable bonds is 3. The van der Waals surface area contributed by atoms with Gasteiger partial charge in [-0.2, -0.15) is 0 Å². The van der Waals surface area contributed by atoms with Gasteiger partial charge < -0.3 is 9.73 Å². The summed E-state index contributed by atoms with van der Waals surface area (Å²) in [5.74, 6) is 2.18. The van der Waals surface area contributed by atoms with Crippen LogP contribution < -0.4 is 9.98 Å². The van der Waals surface area contributed by atoms with Gasteiger partial charge in [0, 0.05) is 10.9 Å². The SMILES string of the molecule is C1=[N+]=C(C2=NC(c3ccc4ccccc4c3)N=C(c3ccc4ccc5c6ccccc6ccc5c4c3)N2)c2c1oc1ccccc21. The van der Waals surface area contributed by atoms with Gasteiger partial charge in [-0.3, -0.25) is 0 Å². The molecule has 10 rings (SSSR count). The molecule has 214 valence electrons. The smallest absolute Gasteiger partial charge is 0.381 e. The summed E-state index contributed by atoms with van der Waals surface area (Å²) in [5, 5.41) is 14.3. The van der Waals surface area contributed by atoms with E-state index in [-0.39, 0.29) is 0 Å². The standard InChI is InChI=1S/C41H25N4O/c1-2-9-27-21-28(15-13-24(27)7-1)39-43-40(45-41(44-39)38-37-33-11-5-6-12-35(33)46-36(37)23-42-38)29-16-14-26-18-19-31-30-10-4-3-8-25(30)17-20-32(31)34(26)22-29/h1-23,39H,(H,43,44,45)/q+1. The fraction of sp³-hybridized carbons (Fsp3) is 0.0244. The summed E-state index contributed by atoms with van der Waals surface area (Å²) >= 11 is 0. The molecule has 1 atom stereocenters. The van der Waals surface area contributed by atoms with Gasteiger partial charge in [0.15, 0.2) is 6.17 Å². The lowest BCUT2D eigenvalue weighted by atomic mass is 9.95. The summed E-state index contributed by atoms with van der Waals surface area (Å²) < 4.78 is 11.0. The molecule has 0 bridgehead atoms. The minimum atomic E-state index is -0.451. The van der Waals surface area contributed by atoms with Crippen molar-refractivity contribution < 1.29 is 4.42 Å². The van der Waals surface area contributed by atoms with Gasteiger partial charge in [0.1, 0.15) is 17.0 Å². The number of fused-ring (bicyclic) bond motifs is 9. The van der Waals surface area contributed by atoms with Crippen molar-refractivity contribution in [3.8, 4) is 0 Å². The largest absolute Gasteiger partial charge is 0.448 e. The lowest BCUT2D eigenvalue weighted by Crippen LogP contribution is -2.41. The van der Waals surface area contributed by atoms with Gasteiger partial charge in [0.05, 0.1) is 0 Å². The van der Waals surface area contributed by atoms with Gasteiger partial charge in [-0.25, -0.2) is 9.98 Å². The van der Waals surface area contributed by atoms with Crippen molar-refractivity contribution >= 4 is 77.7 Å². The van der Waals surface area contributed by atoms with Gasteiger partial charge in [0.2, 0.25) is 11.6 Å². The quantitative estimate of drug-likeness (QED) is 0.166. The van der Waals surface area contributed by atoms with Crippen molar-refractivity contribution in [1.29, 1.82) is 0 Å². The molecule has 0 spiro atoms. The summed E-state index contributed by atoms with van der Waals surface area (Å²) in [4.78, 5) is 10.4. The Morgan fingerprint density at radius 1 is 0.543 bits per heavy atom. The molecule has 1 N–H and O–H groups in total. The topological polar surface area (TPSA) is 64.0 Å². The summed E-state index contributed by atoms with van der Waals surface area (Å²) in [7, 11) is 0. The van der Waals surface area contributed by atoms with E-state index in [0.29, 0.717) is 5.84 Å². The predicted octanol–water partition coefficient (Wildman–Crippen LogP) is 8.48. The predicted molar refractivity (Wildman–Crippen MR) is 190 cm³/mol. The first-order valence-corrected chi connectivity index (χ1v) is 15.5. The van der Waals surface area contributed by atoms with Crippen LogP contribution in [0.4, 0.5) is 0 Å². The Balaban J connectivity index is 1.15. The highest BCUT2D eigenvalue weighted by atomic mass is 16.3. The molecular formula is C41H25N4O+. The Hall–Kier alpha value is -6.29. The van der Waals surface area contributed by atoms with Crippen LogP contribution in [0.2, 0.25) is 0 Å².